The van der Waals surface area contributed by atoms with E-state index in [1.54, 1.807) is 11.9 Å². The topological polar surface area (TPSA) is 81.7 Å². The van der Waals surface area contributed by atoms with Crippen molar-refractivity contribution >= 4 is 5.91 Å². The highest BCUT2D eigenvalue weighted by atomic mass is 16.2. The first-order valence-corrected chi connectivity index (χ1v) is 9.67. The molecule has 0 bridgehead atoms. The van der Waals surface area contributed by atoms with Crippen LogP contribution in [0.25, 0.3) is 16.9 Å². The molecule has 0 aliphatic rings. The molecular formula is C22H23N7O. The summed E-state index contributed by atoms with van der Waals surface area (Å²) in [5.74, 6) is -0.0826. The summed E-state index contributed by atoms with van der Waals surface area (Å²) in [4.78, 5) is 14.3. The Morgan fingerprint density at radius 2 is 1.87 bits per heavy atom. The SMILES string of the molecule is Cc1ccc(-c2nn(-c3ccccc3)cc2CN(C)C(=O)Cn2cnnn2)cc1C. The van der Waals surface area contributed by atoms with Crippen LogP contribution >= 0.6 is 0 Å². The van der Waals surface area contributed by atoms with Crippen molar-refractivity contribution in [2.75, 3.05) is 7.05 Å². The molecule has 152 valence electrons. The third kappa shape index (κ3) is 4.12. The summed E-state index contributed by atoms with van der Waals surface area (Å²) in [5.41, 5.74) is 6.27. The van der Waals surface area contributed by atoms with Gasteiger partial charge in [-0.3, -0.25) is 4.79 Å². The molecule has 0 saturated heterocycles. The van der Waals surface area contributed by atoms with Gasteiger partial charge in [0.25, 0.3) is 0 Å². The van der Waals surface area contributed by atoms with Crippen LogP contribution in [0.15, 0.2) is 61.1 Å². The van der Waals surface area contributed by atoms with E-state index in [0.717, 1.165) is 22.5 Å². The molecule has 30 heavy (non-hydrogen) atoms. The van der Waals surface area contributed by atoms with E-state index in [4.69, 9.17) is 5.10 Å². The molecule has 0 aliphatic heterocycles. The van der Waals surface area contributed by atoms with Crippen LogP contribution in [0.5, 0.6) is 0 Å². The van der Waals surface area contributed by atoms with E-state index in [-0.39, 0.29) is 12.5 Å². The van der Waals surface area contributed by atoms with Crippen molar-refractivity contribution in [1.82, 2.24) is 34.9 Å². The number of likely N-dealkylation sites (N-methyl/N-ethyl adjacent to an activating group) is 1. The van der Waals surface area contributed by atoms with E-state index in [2.05, 4.69) is 47.6 Å². The Morgan fingerprint density at radius 1 is 1.07 bits per heavy atom. The van der Waals surface area contributed by atoms with Crippen LogP contribution in [-0.4, -0.2) is 47.8 Å². The van der Waals surface area contributed by atoms with Gasteiger partial charge in [0, 0.05) is 30.9 Å². The van der Waals surface area contributed by atoms with Crippen molar-refractivity contribution in [1.29, 1.82) is 0 Å². The first-order valence-electron chi connectivity index (χ1n) is 9.67. The summed E-state index contributed by atoms with van der Waals surface area (Å²) in [6.07, 6.45) is 3.42. The Morgan fingerprint density at radius 3 is 2.57 bits per heavy atom. The summed E-state index contributed by atoms with van der Waals surface area (Å²) >= 11 is 0. The predicted molar refractivity (Wildman–Crippen MR) is 113 cm³/mol. The molecule has 4 rings (SSSR count). The van der Waals surface area contributed by atoms with Gasteiger partial charge in [-0.2, -0.15) is 5.10 Å². The van der Waals surface area contributed by atoms with E-state index in [1.165, 1.54) is 22.1 Å². The lowest BCUT2D eigenvalue weighted by atomic mass is 10.0. The summed E-state index contributed by atoms with van der Waals surface area (Å²) in [7, 11) is 1.77. The van der Waals surface area contributed by atoms with E-state index < -0.39 is 0 Å². The number of para-hydroxylation sites is 1. The van der Waals surface area contributed by atoms with Crippen molar-refractivity contribution < 1.29 is 4.79 Å². The van der Waals surface area contributed by atoms with Crippen LogP contribution in [0.4, 0.5) is 0 Å². The van der Waals surface area contributed by atoms with Crippen LogP contribution in [0.3, 0.4) is 0 Å². The molecule has 8 heteroatoms. The summed E-state index contributed by atoms with van der Waals surface area (Å²) in [6.45, 7) is 4.70. The predicted octanol–water partition coefficient (Wildman–Crippen LogP) is 2.80. The minimum absolute atomic E-state index is 0.0826. The number of aryl methyl sites for hydroxylation is 2. The number of nitrogens with zero attached hydrogens (tertiary/aromatic N) is 7. The largest absolute Gasteiger partial charge is 0.340 e. The normalized spacial score (nSPS) is 10.9. The number of aromatic nitrogens is 6. The monoisotopic (exact) mass is 401 g/mol. The maximum atomic E-state index is 12.6. The minimum atomic E-state index is -0.0826. The number of carbonyl (C=O) groups excluding carboxylic acids is 1. The number of benzene rings is 2. The Hall–Kier alpha value is -3.81. The Labute approximate surface area is 174 Å². The van der Waals surface area contributed by atoms with Crippen molar-refractivity contribution in [2.24, 2.45) is 0 Å². The van der Waals surface area contributed by atoms with Gasteiger partial charge >= 0.3 is 0 Å². The first-order chi connectivity index (χ1) is 14.5. The molecule has 2 heterocycles. The Balaban J connectivity index is 1.67. The van der Waals surface area contributed by atoms with Gasteiger partial charge in [-0.15, -0.1) is 5.10 Å². The quantitative estimate of drug-likeness (QED) is 0.496. The average Bonchev–Trinajstić information content (AvgIpc) is 3.41. The van der Waals surface area contributed by atoms with E-state index in [9.17, 15) is 4.79 Å². The lowest BCUT2D eigenvalue weighted by molar-refractivity contribution is -0.131. The molecule has 0 saturated carbocycles. The molecule has 4 aromatic rings. The fourth-order valence-electron chi connectivity index (χ4n) is 3.23. The van der Waals surface area contributed by atoms with Gasteiger partial charge in [-0.25, -0.2) is 9.36 Å². The van der Waals surface area contributed by atoms with Gasteiger partial charge in [-0.05, 0) is 53.6 Å². The van der Waals surface area contributed by atoms with Crippen LogP contribution in [0, 0.1) is 13.8 Å². The second kappa shape index (κ2) is 8.28. The fraction of sp³-hybridized carbons (Fsp3) is 0.227. The molecule has 1 amide bonds. The maximum Gasteiger partial charge on any atom is 0.244 e. The fourth-order valence-corrected chi connectivity index (χ4v) is 3.23. The lowest BCUT2D eigenvalue weighted by Crippen LogP contribution is -2.30. The number of amides is 1. The molecule has 0 aliphatic carbocycles. The van der Waals surface area contributed by atoms with Gasteiger partial charge in [0.1, 0.15) is 12.9 Å². The zero-order chi connectivity index (χ0) is 21.1. The van der Waals surface area contributed by atoms with Crippen molar-refractivity contribution in [3.05, 3.63) is 77.7 Å². The number of tetrazole rings is 1. The number of hydrogen-bond acceptors (Lipinski definition) is 5. The smallest absolute Gasteiger partial charge is 0.244 e. The van der Waals surface area contributed by atoms with Gasteiger partial charge in [0.15, 0.2) is 0 Å². The lowest BCUT2D eigenvalue weighted by Gasteiger charge is -2.17. The zero-order valence-corrected chi connectivity index (χ0v) is 17.2. The molecule has 2 aromatic heterocycles. The van der Waals surface area contributed by atoms with Gasteiger partial charge in [0.2, 0.25) is 5.91 Å². The highest BCUT2D eigenvalue weighted by Crippen LogP contribution is 2.26. The van der Waals surface area contributed by atoms with E-state index in [0.29, 0.717) is 6.54 Å². The minimum Gasteiger partial charge on any atom is -0.340 e. The van der Waals surface area contributed by atoms with Crippen LogP contribution < -0.4 is 0 Å². The third-order valence-electron chi connectivity index (χ3n) is 5.11. The Bertz CT molecular complexity index is 1150. The van der Waals surface area contributed by atoms with Crippen molar-refractivity contribution in [2.45, 2.75) is 26.9 Å². The molecule has 0 fully saturated rings. The molecule has 0 unspecified atom stereocenters. The third-order valence-corrected chi connectivity index (χ3v) is 5.11. The average molecular weight is 401 g/mol. The molecule has 0 spiro atoms. The number of carbonyl (C=O) groups is 1. The van der Waals surface area contributed by atoms with Crippen LogP contribution in [0.1, 0.15) is 16.7 Å². The first kappa shape index (κ1) is 19.5. The standard InChI is InChI=1S/C22H23N7O/c1-16-9-10-18(11-17(16)2)22-19(13-29(24-22)20-7-5-4-6-8-20)12-27(3)21(30)14-28-15-23-25-26-28/h4-11,13,15H,12,14H2,1-3H3. The second-order valence-corrected chi connectivity index (χ2v) is 7.34. The molecular weight excluding hydrogens is 378 g/mol. The number of rotatable bonds is 6. The molecule has 0 N–H and O–H groups in total. The number of hydrogen-bond donors (Lipinski definition) is 0. The Kier molecular flexibility index (Phi) is 5.38. The van der Waals surface area contributed by atoms with Gasteiger partial charge in [0.05, 0.1) is 11.4 Å². The summed E-state index contributed by atoms with van der Waals surface area (Å²) < 4.78 is 3.27. The summed E-state index contributed by atoms with van der Waals surface area (Å²) in [5, 5.41) is 15.8. The molecule has 2 aromatic carbocycles. The van der Waals surface area contributed by atoms with E-state index in [1.807, 2.05) is 41.2 Å². The van der Waals surface area contributed by atoms with E-state index >= 15 is 0 Å². The second-order valence-electron chi connectivity index (χ2n) is 7.34. The molecule has 8 nitrogen and oxygen atoms in total. The van der Waals surface area contributed by atoms with Gasteiger partial charge < -0.3 is 4.90 Å². The molecule has 0 atom stereocenters. The summed E-state index contributed by atoms with van der Waals surface area (Å²) in [6, 6.07) is 16.3. The highest BCUT2D eigenvalue weighted by molar-refractivity contribution is 5.76. The van der Waals surface area contributed by atoms with Crippen LogP contribution in [-0.2, 0) is 17.9 Å². The van der Waals surface area contributed by atoms with Crippen molar-refractivity contribution in [3.8, 4) is 16.9 Å². The van der Waals surface area contributed by atoms with Crippen molar-refractivity contribution in [3.63, 3.8) is 0 Å². The van der Waals surface area contributed by atoms with Crippen LogP contribution in [0.2, 0.25) is 0 Å². The van der Waals surface area contributed by atoms with Gasteiger partial charge in [-0.1, -0.05) is 30.3 Å². The highest BCUT2D eigenvalue weighted by Gasteiger charge is 2.18. The maximum absolute atomic E-state index is 12.6. The zero-order valence-electron chi connectivity index (χ0n) is 17.2. The molecule has 0 radical (unpaired) electrons.